The van der Waals surface area contributed by atoms with Gasteiger partial charge in [0.25, 0.3) is 0 Å². The van der Waals surface area contributed by atoms with Crippen LogP contribution in [0.25, 0.3) is 0 Å². The lowest BCUT2D eigenvalue weighted by atomic mass is 9.94. The Morgan fingerprint density at radius 1 is 1.05 bits per heavy atom. The molecule has 0 aromatic heterocycles. The second-order valence-corrected chi connectivity index (χ2v) is 5.38. The van der Waals surface area contributed by atoms with Gasteiger partial charge < -0.3 is 10.6 Å². The number of benzene rings is 1. The molecule has 0 saturated carbocycles. The van der Waals surface area contributed by atoms with E-state index in [1.165, 1.54) is 11.1 Å². The highest BCUT2D eigenvalue weighted by molar-refractivity contribution is 5.76. The smallest absolute Gasteiger partial charge is 0.220 e. The highest BCUT2D eigenvalue weighted by Gasteiger charge is 2.11. The topological polar surface area (TPSA) is 41.1 Å². The summed E-state index contributed by atoms with van der Waals surface area (Å²) >= 11 is 0. The minimum absolute atomic E-state index is 0.121. The molecule has 3 nitrogen and oxygen atoms in total. The molecule has 106 valence electrons. The molecule has 0 spiro atoms. The second-order valence-electron chi connectivity index (χ2n) is 5.38. The third-order valence-electron chi connectivity index (χ3n) is 3.36. The SMILES string of the molecule is CNCCNC(=O)CC(C)c1ccc(C(C)C)cc1. The van der Waals surface area contributed by atoms with E-state index in [1.54, 1.807) is 0 Å². The van der Waals surface area contributed by atoms with Crippen LogP contribution < -0.4 is 10.6 Å². The Hall–Kier alpha value is -1.35. The normalized spacial score (nSPS) is 12.5. The Balaban J connectivity index is 2.48. The maximum atomic E-state index is 11.7. The van der Waals surface area contributed by atoms with E-state index in [1.807, 2.05) is 7.05 Å². The quantitative estimate of drug-likeness (QED) is 0.742. The molecular weight excluding hydrogens is 236 g/mol. The predicted octanol–water partition coefficient (Wildman–Crippen LogP) is 2.64. The Morgan fingerprint density at radius 3 is 2.16 bits per heavy atom. The summed E-state index contributed by atoms with van der Waals surface area (Å²) in [5.41, 5.74) is 2.57. The van der Waals surface area contributed by atoms with E-state index in [0.717, 1.165) is 6.54 Å². The fraction of sp³-hybridized carbons (Fsp3) is 0.562. The van der Waals surface area contributed by atoms with Gasteiger partial charge in [0.2, 0.25) is 5.91 Å². The Morgan fingerprint density at radius 2 is 1.63 bits per heavy atom. The summed E-state index contributed by atoms with van der Waals surface area (Å²) < 4.78 is 0. The number of carbonyl (C=O) groups excluding carboxylic acids is 1. The number of rotatable bonds is 7. The molecule has 0 aliphatic heterocycles. The van der Waals surface area contributed by atoms with Crippen LogP contribution in [0.5, 0.6) is 0 Å². The van der Waals surface area contributed by atoms with Gasteiger partial charge in [-0.15, -0.1) is 0 Å². The first kappa shape index (κ1) is 15.7. The number of nitrogens with one attached hydrogen (secondary N) is 2. The van der Waals surface area contributed by atoms with E-state index in [0.29, 0.717) is 18.9 Å². The van der Waals surface area contributed by atoms with Gasteiger partial charge in [0, 0.05) is 19.5 Å². The van der Waals surface area contributed by atoms with Gasteiger partial charge in [-0.3, -0.25) is 4.79 Å². The van der Waals surface area contributed by atoms with Gasteiger partial charge in [0.15, 0.2) is 0 Å². The van der Waals surface area contributed by atoms with Crippen LogP contribution in [0.1, 0.15) is 50.2 Å². The summed E-state index contributed by atoms with van der Waals surface area (Å²) in [7, 11) is 1.88. The fourth-order valence-electron chi connectivity index (χ4n) is 2.00. The zero-order chi connectivity index (χ0) is 14.3. The molecule has 0 radical (unpaired) electrons. The van der Waals surface area contributed by atoms with Gasteiger partial charge in [-0.05, 0) is 30.0 Å². The molecule has 0 heterocycles. The van der Waals surface area contributed by atoms with Crippen molar-refractivity contribution in [2.75, 3.05) is 20.1 Å². The summed E-state index contributed by atoms with van der Waals surface area (Å²) in [5, 5.41) is 5.92. The number of likely N-dealkylation sites (N-methyl/N-ethyl adjacent to an activating group) is 1. The summed E-state index contributed by atoms with van der Waals surface area (Å²) in [6.45, 7) is 7.97. The summed E-state index contributed by atoms with van der Waals surface area (Å²) in [6.07, 6.45) is 0.546. The molecule has 1 aromatic rings. The molecule has 0 bridgehead atoms. The van der Waals surface area contributed by atoms with E-state index in [9.17, 15) is 4.79 Å². The first-order valence-corrected chi connectivity index (χ1v) is 7.05. The summed E-state index contributed by atoms with van der Waals surface area (Å²) in [4.78, 5) is 11.7. The van der Waals surface area contributed by atoms with Gasteiger partial charge in [-0.25, -0.2) is 0 Å². The van der Waals surface area contributed by atoms with Crippen molar-refractivity contribution in [3.63, 3.8) is 0 Å². The molecule has 3 heteroatoms. The number of hydrogen-bond donors (Lipinski definition) is 2. The molecule has 1 atom stereocenters. The molecule has 1 amide bonds. The number of amides is 1. The molecule has 0 saturated heterocycles. The van der Waals surface area contributed by atoms with Gasteiger partial charge in [-0.1, -0.05) is 45.0 Å². The molecule has 0 aliphatic rings. The van der Waals surface area contributed by atoms with Crippen LogP contribution >= 0.6 is 0 Å². The average molecular weight is 262 g/mol. The van der Waals surface area contributed by atoms with E-state index >= 15 is 0 Å². The van der Waals surface area contributed by atoms with Crippen molar-refractivity contribution >= 4 is 5.91 Å². The van der Waals surface area contributed by atoms with Crippen LogP contribution in [0.2, 0.25) is 0 Å². The zero-order valence-electron chi connectivity index (χ0n) is 12.5. The maximum absolute atomic E-state index is 11.7. The average Bonchev–Trinajstić information content (AvgIpc) is 2.39. The molecule has 2 N–H and O–H groups in total. The summed E-state index contributed by atoms with van der Waals surface area (Å²) in [5.74, 6) is 0.931. The van der Waals surface area contributed by atoms with Crippen molar-refractivity contribution in [3.05, 3.63) is 35.4 Å². The molecule has 1 rings (SSSR count). The van der Waals surface area contributed by atoms with E-state index in [-0.39, 0.29) is 11.8 Å². The van der Waals surface area contributed by atoms with Gasteiger partial charge in [0.05, 0.1) is 0 Å². The Labute approximate surface area is 116 Å². The third kappa shape index (κ3) is 5.43. The van der Waals surface area contributed by atoms with E-state index in [2.05, 4.69) is 55.7 Å². The lowest BCUT2D eigenvalue weighted by molar-refractivity contribution is -0.121. The van der Waals surface area contributed by atoms with Crippen LogP contribution in [0, 0.1) is 0 Å². The molecule has 1 aromatic carbocycles. The second kappa shape index (κ2) is 7.95. The minimum atomic E-state index is 0.121. The standard InChI is InChI=1S/C16H26N2O/c1-12(2)14-5-7-15(8-6-14)13(3)11-16(19)18-10-9-17-4/h5-8,12-13,17H,9-11H2,1-4H3,(H,18,19). The van der Waals surface area contributed by atoms with Crippen molar-refractivity contribution in [2.45, 2.75) is 39.0 Å². The van der Waals surface area contributed by atoms with Crippen molar-refractivity contribution < 1.29 is 4.79 Å². The minimum Gasteiger partial charge on any atom is -0.355 e. The van der Waals surface area contributed by atoms with Gasteiger partial charge in [-0.2, -0.15) is 0 Å². The summed E-state index contributed by atoms with van der Waals surface area (Å²) in [6, 6.07) is 8.60. The van der Waals surface area contributed by atoms with Crippen molar-refractivity contribution in [1.29, 1.82) is 0 Å². The van der Waals surface area contributed by atoms with Crippen molar-refractivity contribution in [3.8, 4) is 0 Å². The Bertz CT molecular complexity index is 384. The first-order chi connectivity index (χ1) is 9.04. The maximum Gasteiger partial charge on any atom is 0.220 e. The van der Waals surface area contributed by atoms with Crippen LogP contribution in [0.15, 0.2) is 24.3 Å². The predicted molar refractivity (Wildman–Crippen MR) is 80.5 cm³/mol. The number of carbonyl (C=O) groups is 1. The van der Waals surface area contributed by atoms with Gasteiger partial charge >= 0.3 is 0 Å². The van der Waals surface area contributed by atoms with Gasteiger partial charge in [0.1, 0.15) is 0 Å². The molecular formula is C16H26N2O. The monoisotopic (exact) mass is 262 g/mol. The lowest BCUT2D eigenvalue weighted by Crippen LogP contribution is -2.31. The highest BCUT2D eigenvalue weighted by Crippen LogP contribution is 2.22. The van der Waals surface area contributed by atoms with Crippen LogP contribution in [-0.4, -0.2) is 26.0 Å². The fourth-order valence-corrected chi connectivity index (χ4v) is 2.00. The van der Waals surface area contributed by atoms with Crippen LogP contribution in [0.3, 0.4) is 0 Å². The number of hydrogen-bond acceptors (Lipinski definition) is 2. The zero-order valence-corrected chi connectivity index (χ0v) is 12.5. The molecule has 1 unspecified atom stereocenters. The van der Waals surface area contributed by atoms with Crippen LogP contribution in [-0.2, 0) is 4.79 Å². The molecule has 0 fully saturated rings. The van der Waals surface area contributed by atoms with Crippen molar-refractivity contribution in [1.82, 2.24) is 10.6 Å². The van der Waals surface area contributed by atoms with E-state index in [4.69, 9.17) is 0 Å². The Kier molecular flexibility index (Phi) is 6.57. The van der Waals surface area contributed by atoms with Crippen molar-refractivity contribution in [2.24, 2.45) is 0 Å². The lowest BCUT2D eigenvalue weighted by Gasteiger charge is -2.13. The van der Waals surface area contributed by atoms with Crippen LogP contribution in [0.4, 0.5) is 0 Å². The largest absolute Gasteiger partial charge is 0.355 e. The van der Waals surface area contributed by atoms with E-state index < -0.39 is 0 Å². The molecule has 19 heavy (non-hydrogen) atoms. The highest BCUT2D eigenvalue weighted by atomic mass is 16.1. The molecule has 0 aliphatic carbocycles. The third-order valence-corrected chi connectivity index (χ3v) is 3.36. The first-order valence-electron chi connectivity index (χ1n) is 7.05.